The lowest BCUT2D eigenvalue weighted by atomic mass is 10.1. The minimum Gasteiger partial charge on any atom is -0.355 e. The van der Waals surface area contributed by atoms with Crippen LogP contribution in [-0.4, -0.2) is 27.2 Å². The van der Waals surface area contributed by atoms with Crippen molar-refractivity contribution in [1.29, 1.82) is 0 Å². The fourth-order valence-electron chi connectivity index (χ4n) is 3.75. The Bertz CT molecular complexity index is 773. The standard InChI is InChI=1S/C19H23FN4O/c20-14-6-4-5-13(11-14)15-12-16(15)19(25)21-9-8-18-23-22-17-7-2-1-3-10-24(17)18/h4-6,11,15-16H,1-3,7-10,12H2,(H,21,25)/t15-,16-/m1/s1. The van der Waals surface area contributed by atoms with Crippen LogP contribution < -0.4 is 5.32 Å². The van der Waals surface area contributed by atoms with Crippen LogP contribution >= 0.6 is 0 Å². The number of nitrogens with one attached hydrogen (secondary N) is 1. The van der Waals surface area contributed by atoms with Crippen molar-refractivity contribution < 1.29 is 9.18 Å². The van der Waals surface area contributed by atoms with Crippen molar-refractivity contribution in [1.82, 2.24) is 20.1 Å². The summed E-state index contributed by atoms with van der Waals surface area (Å²) < 4.78 is 15.5. The number of hydrogen-bond donors (Lipinski definition) is 1. The zero-order chi connectivity index (χ0) is 17.2. The van der Waals surface area contributed by atoms with Crippen molar-refractivity contribution >= 4 is 5.91 Å². The average Bonchev–Trinajstić information content (AvgIpc) is 3.37. The second-order valence-electron chi connectivity index (χ2n) is 7.04. The molecular weight excluding hydrogens is 319 g/mol. The lowest BCUT2D eigenvalue weighted by Gasteiger charge is -2.08. The van der Waals surface area contributed by atoms with Crippen LogP contribution in [0.5, 0.6) is 0 Å². The van der Waals surface area contributed by atoms with Crippen LogP contribution in [0.4, 0.5) is 4.39 Å². The normalized spacial score (nSPS) is 22.1. The van der Waals surface area contributed by atoms with E-state index in [9.17, 15) is 9.18 Å². The van der Waals surface area contributed by atoms with E-state index in [1.807, 2.05) is 6.07 Å². The first kappa shape index (κ1) is 16.2. The molecule has 132 valence electrons. The Morgan fingerprint density at radius 3 is 3.08 bits per heavy atom. The Morgan fingerprint density at radius 1 is 1.28 bits per heavy atom. The van der Waals surface area contributed by atoms with E-state index in [0.29, 0.717) is 13.0 Å². The molecule has 25 heavy (non-hydrogen) atoms. The van der Waals surface area contributed by atoms with Crippen LogP contribution in [0.1, 0.15) is 48.8 Å². The maximum atomic E-state index is 13.3. The van der Waals surface area contributed by atoms with Gasteiger partial charge in [0.05, 0.1) is 0 Å². The van der Waals surface area contributed by atoms with E-state index in [-0.39, 0.29) is 23.6 Å². The van der Waals surface area contributed by atoms with Gasteiger partial charge in [0.15, 0.2) is 0 Å². The molecule has 0 unspecified atom stereocenters. The molecule has 0 bridgehead atoms. The van der Waals surface area contributed by atoms with Crippen LogP contribution in [0.3, 0.4) is 0 Å². The number of fused-ring (bicyclic) bond motifs is 1. The topological polar surface area (TPSA) is 59.8 Å². The molecule has 2 heterocycles. The maximum absolute atomic E-state index is 13.3. The third kappa shape index (κ3) is 3.57. The molecule has 5 nitrogen and oxygen atoms in total. The number of aromatic nitrogens is 3. The molecule has 1 aliphatic carbocycles. The van der Waals surface area contributed by atoms with Crippen LogP contribution in [0.15, 0.2) is 24.3 Å². The predicted octanol–water partition coefficient (Wildman–Crippen LogP) is 2.61. The fraction of sp³-hybridized carbons (Fsp3) is 0.526. The minimum atomic E-state index is -0.240. The van der Waals surface area contributed by atoms with Gasteiger partial charge in [-0.2, -0.15) is 0 Å². The Kier molecular flexibility index (Phi) is 4.51. The van der Waals surface area contributed by atoms with Gasteiger partial charge in [0, 0.05) is 31.8 Å². The molecule has 2 aliphatic rings. The number of hydrogen-bond acceptors (Lipinski definition) is 3. The molecule has 1 amide bonds. The highest BCUT2D eigenvalue weighted by Gasteiger charge is 2.43. The largest absolute Gasteiger partial charge is 0.355 e. The first-order valence-corrected chi connectivity index (χ1v) is 9.16. The number of amides is 1. The Balaban J connectivity index is 1.28. The van der Waals surface area contributed by atoms with Gasteiger partial charge in [0.2, 0.25) is 5.91 Å². The zero-order valence-corrected chi connectivity index (χ0v) is 14.2. The molecule has 1 aromatic carbocycles. The van der Waals surface area contributed by atoms with Crippen molar-refractivity contribution in [3.05, 3.63) is 47.3 Å². The summed E-state index contributed by atoms with van der Waals surface area (Å²) in [6.45, 7) is 1.55. The molecule has 0 saturated heterocycles. The molecule has 6 heteroatoms. The highest BCUT2D eigenvalue weighted by molar-refractivity contribution is 5.82. The molecule has 1 aliphatic heterocycles. The first-order chi connectivity index (χ1) is 12.2. The fourth-order valence-corrected chi connectivity index (χ4v) is 3.75. The zero-order valence-electron chi connectivity index (χ0n) is 14.2. The van der Waals surface area contributed by atoms with Crippen LogP contribution in [0, 0.1) is 11.7 Å². The van der Waals surface area contributed by atoms with Gasteiger partial charge in [-0.3, -0.25) is 4.79 Å². The van der Waals surface area contributed by atoms with Crippen molar-refractivity contribution in [3.63, 3.8) is 0 Å². The van der Waals surface area contributed by atoms with Crippen LogP contribution in [-0.2, 0) is 24.2 Å². The molecule has 1 saturated carbocycles. The smallest absolute Gasteiger partial charge is 0.223 e. The number of nitrogens with zero attached hydrogens (tertiary/aromatic N) is 3. The molecular formula is C19H23FN4O. The van der Waals surface area contributed by atoms with Crippen molar-refractivity contribution in [2.45, 2.75) is 51.0 Å². The lowest BCUT2D eigenvalue weighted by Crippen LogP contribution is -2.28. The third-order valence-corrected chi connectivity index (χ3v) is 5.24. The molecule has 1 fully saturated rings. The molecule has 0 radical (unpaired) electrons. The average molecular weight is 342 g/mol. The SMILES string of the molecule is O=C(NCCc1nnc2n1CCCCC2)[C@@H]1C[C@@H]1c1cccc(F)c1. The molecule has 2 atom stereocenters. The van der Waals surface area contributed by atoms with E-state index in [1.54, 1.807) is 6.07 Å². The van der Waals surface area contributed by atoms with Crippen molar-refractivity contribution in [3.8, 4) is 0 Å². The van der Waals surface area contributed by atoms with Gasteiger partial charge in [0.25, 0.3) is 0 Å². The maximum Gasteiger partial charge on any atom is 0.223 e. The van der Waals surface area contributed by atoms with Gasteiger partial charge in [-0.1, -0.05) is 18.6 Å². The summed E-state index contributed by atoms with van der Waals surface area (Å²) in [5, 5.41) is 11.6. The Morgan fingerprint density at radius 2 is 2.20 bits per heavy atom. The second kappa shape index (κ2) is 6.94. The van der Waals surface area contributed by atoms with E-state index < -0.39 is 0 Å². The van der Waals surface area contributed by atoms with E-state index >= 15 is 0 Å². The van der Waals surface area contributed by atoms with Crippen molar-refractivity contribution in [2.24, 2.45) is 5.92 Å². The third-order valence-electron chi connectivity index (χ3n) is 5.24. The minimum absolute atomic E-state index is 0.0303. The van der Waals surface area contributed by atoms with Crippen LogP contribution in [0.25, 0.3) is 0 Å². The summed E-state index contributed by atoms with van der Waals surface area (Å²) >= 11 is 0. The summed E-state index contributed by atoms with van der Waals surface area (Å²) in [5.74, 6) is 1.99. The lowest BCUT2D eigenvalue weighted by molar-refractivity contribution is -0.122. The van der Waals surface area contributed by atoms with Gasteiger partial charge in [-0.05, 0) is 42.9 Å². The second-order valence-corrected chi connectivity index (χ2v) is 7.04. The molecule has 2 aromatic rings. The number of carbonyl (C=O) groups is 1. The van der Waals surface area contributed by atoms with Crippen LogP contribution in [0.2, 0.25) is 0 Å². The van der Waals surface area contributed by atoms with Gasteiger partial charge >= 0.3 is 0 Å². The summed E-state index contributed by atoms with van der Waals surface area (Å²) in [6, 6.07) is 6.56. The number of aryl methyl sites for hydroxylation is 1. The Labute approximate surface area is 146 Å². The molecule has 0 spiro atoms. The monoisotopic (exact) mass is 342 g/mol. The van der Waals surface area contributed by atoms with Gasteiger partial charge < -0.3 is 9.88 Å². The summed E-state index contributed by atoms with van der Waals surface area (Å²) in [6.07, 6.45) is 6.09. The number of halogens is 1. The summed E-state index contributed by atoms with van der Waals surface area (Å²) in [4.78, 5) is 12.3. The predicted molar refractivity (Wildman–Crippen MR) is 91.5 cm³/mol. The van der Waals surface area contributed by atoms with Gasteiger partial charge in [-0.25, -0.2) is 4.39 Å². The molecule has 1 aromatic heterocycles. The summed E-state index contributed by atoms with van der Waals surface area (Å²) in [7, 11) is 0. The highest BCUT2D eigenvalue weighted by atomic mass is 19.1. The Hall–Kier alpha value is -2.24. The molecule has 4 rings (SSSR count). The number of benzene rings is 1. The van der Waals surface area contributed by atoms with E-state index in [0.717, 1.165) is 36.6 Å². The van der Waals surface area contributed by atoms with Gasteiger partial charge in [0.1, 0.15) is 17.5 Å². The van der Waals surface area contributed by atoms with E-state index in [4.69, 9.17) is 0 Å². The van der Waals surface area contributed by atoms with E-state index in [2.05, 4.69) is 20.1 Å². The molecule has 1 N–H and O–H groups in total. The van der Waals surface area contributed by atoms with Gasteiger partial charge in [-0.15, -0.1) is 10.2 Å². The number of carbonyl (C=O) groups excluding carboxylic acids is 1. The quantitative estimate of drug-likeness (QED) is 0.909. The van der Waals surface area contributed by atoms with E-state index in [1.165, 1.54) is 31.4 Å². The number of rotatable bonds is 5. The highest BCUT2D eigenvalue weighted by Crippen LogP contribution is 2.47. The summed E-state index contributed by atoms with van der Waals surface area (Å²) in [5.41, 5.74) is 0.919. The van der Waals surface area contributed by atoms with Crippen molar-refractivity contribution in [2.75, 3.05) is 6.54 Å². The first-order valence-electron chi connectivity index (χ1n) is 9.16.